The van der Waals surface area contributed by atoms with Crippen molar-refractivity contribution >= 4 is 11.6 Å². The molecule has 1 unspecified atom stereocenters. The van der Waals surface area contributed by atoms with Gasteiger partial charge in [-0.1, -0.05) is 12.1 Å². The number of rotatable bonds is 3. The van der Waals surface area contributed by atoms with Crippen molar-refractivity contribution in [3.05, 3.63) is 29.3 Å². The third kappa shape index (κ3) is 2.32. The number of likely N-dealkylation sites (N-methyl/N-ethyl adjacent to an activating group) is 1. The fourth-order valence-corrected chi connectivity index (χ4v) is 3.12. The Bertz CT molecular complexity index is 512. The van der Waals surface area contributed by atoms with Crippen molar-refractivity contribution in [1.29, 1.82) is 0 Å². The van der Waals surface area contributed by atoms with Crippen LogP contribution >= 0.6 is 0 Å². The van der Waals surface area contributed by atoms with E-state index in [1.54, 1.807) is 4.90 Å². The van der Waals surface area contributed by atoms with E-state index in [0.29, 0.717) is 6.42 Å². The molecule has 1 fully saturated rings. The first kappa shape index (κ1) is 13.5. The Morgan fingerprint density at radius 3 is 2.80 bits per heavy atom. The van der Waals surface area contributed by atoms with Crippen LogP contribution in [0.25, 0.3) is 0 Å². The number of aliphatic hydroxyl groups is 1. The smallest absolute Gasteiger partial charge is 0.231 e. The molecule has 0 aromatic heterocycles. The number of hydrogen-bond donors (Lipinski definition) is 2. The van der Waals surface area contributed by atoms with Crippen LogP contribution in [0.3, 0.4) is 0 Å². The van der Waals surface area contributed by atoms with E-state index in [1.807, 2.05) is 19.2 Å². The summed E-state index contributed by atoms with van der Waals surface area (Å²) in [4.78, 5) is 15.8. The zero-order valence-corrected chi connectivity index (χ0v) is 11.8. The predicted molar refractivity (Wildman–Crippen MR) is 77.8 cm³/mol. The Balaban J connectivity index is 1.86. The van der Waals surface area contributed by atoms with E-state index in [2.05, 4.69) is 16.3 Å². The molecule has 1 aromatic carbocycles. The van der Waals surface area contributed by atoms with Gasteiger partial charge in [-0.3, -0.25) is 9.69 Å². The van der Waals surface area contributed by atoms with Crippen molar-refractivity contribution in [3.63, 3.8) is 0 Å². The van der Waals surface area contributed by atoms with Crippen LogP contribution in [0.4, 0.5) is 5.69 Å². The topological polar surface area (TPSA) is 55.8 Å². The largest absolute Gasteiger partial charge is 0.394 e. The molecule has 5 nitrogen and oxygen atoms in total. The molecule has 1 amide bonds. The SMILES string of the molecule is CN1C(=O)Cc2cc(C(CO)N3CCNCC3)ccc21. The van der Waals surface area contributed by atoms with Crippen molar-refractivity contribution in [2.24, 2.45) is 0 Å². The lowest BCUT2D eigenvalue weighted by Gasteiger charge is -2.34. The highest BCUT2D eigenvalue weighted by atomic mass is 16.3. The molecular weight excluding hydrogens is 254 g/mol. The average Bonchev–Trinajstić information content (AvgIpc) is 2.76. The van der Waals surface area contributed by atoms with Gasteiger partial charge in [0.1, 0.15) is 0 Å². The van der Waals surface area contributed by atoms with Crippen molar-refractivity contribution in [1.82, 2.24) is 10.2 Å². The van der Waals surface area contributed by atoms with E-state index in [0.717, 1.165) is 43.0 Å². The number of fused-ring (bicyclic) bond motifs is 1. The summed E-state index contributed by atoms with van der Waals surface area (Å²) in [5.41, 5.74) is 3.18. The maximum absolute atomic E-state index is 11.7. The van der Waals surface area contributed by atoms with Gasteiger partial charge in [-0.2, -0.15) is 0 Å². The second-order valence-corrected chi connectivity index (χ2v) is 5.50. The minimum absolute atomic E-state index is 0.0309. The molecule has 2 N–H and O–H groups in total. The molecule has 1 aromatic rings. The molecule has 1 atom stereocenters. The Labute approximate surface area is 119 Å². The second-order valence-electron chi connectivity index (χ2n) is 5.50. The van der Waals surface area contributed by atoms with Crippen LogP contribution in [0.2, 0.25) is 0 Å². The highest BCUT2D eigenvalue weighted by Crippen LogP contribution is 2.31. The number of anilines is 1. The number of carbonyl (C=O) groups is 1. The molecule has 20 heavy (non-hydrogen) atoms. The first-order valence-corrected chi connectivity index (χ1v) is 7.15. The lowest BCUT2D eigenvalue weighted by Crippen LogP contribution is -2.46. The molecule has 2 aliphatic heterocycles. The molecule has 0 saturated carbocycles. The van der Waals surface area contributed by atoms with E-state index >= 15 is 0 Å². The Morgan fingerprint density at radius 2 is 2.10 bits per heavy atom. The maximum atomic E-state index is 11.7. The Kier molecular flexibility index (Phi) is 3.74. The van der Waals surface area contributed by atoms with Gasteiger partial charge in [0.2, 0.25) is 5.91 Å². The molecule has 5 heteroatoms. The fraction of sp³-hybridized carbons (Fsp3) is 0.533. The summed E-state index contributed by atoms with van der Waals surface area (Å²) in [7, 11) is 1.81. The molecule has 3 rings (SSSR count). The van der Waals surface area contributed by atoms with E-state index < -0.39 is 0 Å². The van der Waals surface area contributed by atoms with Crippen LogP contribution in [0.15, 0.2) is 18.2 Å². The Morgan fingerprint density at radius 1 is 1.35 bits per heavy atom. The van der Waals surface area contributed by atoms with Gasteiger partial charge in [0.15, 0.2) is 0 Å². The van der Waals surface area contributed by atoms with E-state index in [-0.39, 0.29) is 18.6 Å². The van der Waals surface area contributed by atoms with Gasteiger partial charge in [0.05, 0.1) is 19.1 Å². The van der Waals surface area contributed by atoms with E-state index in [4.69, 9.17) is 0 Å². The predicted octanol–water partition coefficient (Wildman–Crippen LogP) is 0.144. The van der Waals surface area contributed by atoms with Gasteiger partial charge >= 0.3 is 0 Å². The first-order valence-electron chi connectivity index (χ1n) is 7.15. The quantitative estimate of drug-likeness (QED) is 0.824. The molecule has 2 aliphatic rings. The lowest BCUT2D eigenvalue weighted by molar-refractivity contribution is -0.117. The van der Waals surface area contributed by atoms with E-state index in [1.165, 1.54) is 0 Å². The fourth-order valence-electron chi connectivity index (χ4n) is 3.12. The van der Waals surface area contributed by atoms with Crippen LogP contribution in [0.5, 0.6) is 0 Å². The molecule has 0 aliphatic carbocycles. The molecule has 1 saturated heterocycles. The summed E-state index contributed by atoms with van der Waals surface area (Å²) in [5, 5.41) is 13.1. The zero-order valence-electron chi connectivity index (χ0n) is 11.8. The van der Waals surface area contributed by atoms with Crippen molar-refractivity contribution in [3.8, 4) is 0 Å². The monoisotopic (exact) mass is 275 g/mol. The van der Waals surface area contributed by atoms with Crippen LogP contribution in [0.1, 0.15) is 17.2 Å². The summed E-state index contributed by atoms with van der Waals surface area (Å²) in [5.74, 6) is 0.139. The standard InChI is InChI=1S/C15H21N3O2/c1-17-13-3-2-11(8-12(13)9-15(17)20)14(10-19)18-6-4-16-5-7-18/h2-3,8,14,16,19H,4-7,9-10H2,1H3. The van der Waals surface area contributed by atoms with Gasteiger partial charge < -0.3 is 15.3 Å². The number of amides is 1. The first-order chi connectivity index (χ1) is 9.70. The molecule has 108 valence electrons. The van der Waals surface area contributed by atoms with Crippen molar-refractivity contribution in [2.45, 2.75) is 12.5 Å². The number of carbonyl (C=O) groups excluding carboxylic acids is 1. The minimum atomic E-state index is 0.0309. The summed E-state index contributed by atoms with van der Waals surface area (Å²) in [6.07, 6.45) is 0.472. The number of hydrogen-bond acceptors (Lipinski definition) is 4. The molecule has 0 spiro atoms. The summed E-state index contributed by atoms with van der Waals surface area (Å²) in [6, 6.07) is 6.15. The second kappa shape index (κ2) is 5.52. The van der Waals surface area contributed by atoms with Crippen molar-refractivity contribution < 1.29 is 9.90 Å². The summed E-state index contributed by atoms with van der Waals surface area (Å²) in [6.45, 7) is 3.93. The third-order valence-corrected chi connectivity index (χ3v) is 4.33. The number of aliphatic hydroxyl groups excluding tert-OH is 1. The maximum Gasteiger partial charge on any atom is 0.231 e. The van der Waals surface area contributed by atoms with Crippen LogP contribution in [0, 0.1) is 0 Å². The van der Waals surface area contributed by atoms with Gasteiger partial charge in [-0.15, -0.1) is 0 Å². The third-order valence-electron chi connectivity index (χ3n) is 4.33. The van der Waals surface area contributed by atoms with Crippen molar-refractivity contribution in [2.75, 3.05) is 44.7 Å². The van der Waals surface area contributed by atoms with Gasteiger partial charge in [-0.05, 0) is 17.2 Å². The number of benzene rings is 1. The molecular formula is C15H21N3O2. The number of piperazine rings is 1. The van der Waals surface area contributed by atoms with E-state index in [9.17, 15) is 9.90 Å². The normalized spacial score (nSPS) is 21.1. The molecule has 2 heterocycles. The highest BCUT2D eigenvalue weighted by Gasteiger charge is 2.27. The van der Waals surface area contributed by atoms with Gasteiger partial charge in [0.25, 0.3) is 0 Å². The number of nitrogens with zero attached hydrogens (tertiary/aromatic N) is 2. The van der Waals surface area contributed by atoms with Gasteiger partial charge in [-0.25, -0.2) is 0 Å². The van der Waals surface area contributed by atoms with Crippen LogP contribution in [-0.4, -0.2) is 55.7 Å². The lowest BCUT2D eigenvalue weighted by atomic mass is 10.0. The summed E-state index contributed by atoms with van der Waals surface area (Å²) < 4.78 is 0. The minimum Gasteiger partial charge on any atom is -0.394 e. The van der Waals surface area contributed by atoms with Gasteiger partial charge in [0, 0.05) is 38.9 Å². The summed E-state index contributed by atoms with van der Waals surface area (Å²) >= 11 is 0. The van der Waals surface area contributed by atoms with Crippen LogP contribution in [-0.2, 0) is 11.2 Å². The molecule has 0 radical (unpaired) electrons. The Hall–Kier alpha value is -1.43. The number of nitrogens with one attached hydrogen (secondary N) is 1. The average molecular weight is 275 g/mol. The zero-order chi connectivity index (χ0) is 14.1. The van der Waals surface area contributed by atoms with Crippen LogP contribution < -0.4 is 10.2 Å². The molecule has 0 bridgehead atoms. The highest BCUT2D eigenvalue weighted by molar-refractivity contribution is 6.00.